The highest BCUT2D eigenvalue weighted by atomic mass is 19.3. The van der Waals surface area contributed by atoms with Gasteiger partial charge in [-0.3, -0.25) is 29.2 Å². The molecule has 20 rings (SSSR count). The molecule has 6 aromatic carbocycles. The van der Waals surface area contributed by atoms with Gasteiger partial charge >= 0.3 is 18.2 Å². The molecule has 8 fully saturated rings. The number of ether oxygens (including phenoxy) is 3. The van der Waals surface area contributed by atoms with Crippen LogP contribution in [0.3, 0.4) is 0 Å². The van der Waals surface area contributed by atoms with E-state index in [4.69, 9.17) is 34.2 Å². The molecule has 4 bridgehead atoms. The Labute approximate surface area is 688 Å². The maximum Gasteiger partial charge on any atom is 0.407 e. The van der Waals surface area contributed by atoms with Crippen molar-refractivity contribution in [2.24, 2.45) is 56.3 Å². The van der Waals surface area contributed by atoms with Crippen LogP contribution < -0.4 is 16.0 Å². The first kappa shape index (κ1) is 78.1. The number of aromatic amines is 2. The molecule has 8 aromatic rings. The molecule has 6 aliphatic heterocycles. The molecule has 8 heterocycles. The minimum Gasteiger partial charge on any atom is -0.469 e. The molecular weight excluding hydrogens is 1520 g/mol. The number of alkyl halides is 4. The van der Waals surface area contributed by atoms with Gasteiger partial charge in [-0.15, -0.1) is 0 Å². The molecule has 2 spiro atoms. The Morgan fingerprint density at radius 3 is 1.37 bits per heavy atom. The lowest BCUT2D eigenvalue weighted by Crippen LogP contribution is -2.52. The number of hydrogen-bond donors (Lipinski definition) is 5. The number of aliphatic imine (C=N–C) groups is 2. The van der Waals surface area contributed by atoms with Gasteiger partial charge in [0.25, 0.3) is 11.8 Å². The van der Waals surface area contributed by atoms with Crippen LogP contribution in [0.2, 0.25) is 0 Å². The van der Waals surface area contributed by atoms with Crippen molar-refractivity contribution in [3.63, 3.8) is 0 Å². The molecular formula is C94H100F4N12O9. The number of carbonyl (C=O) groups is 6. The Balaban J connectivity index is 0.000000160. The minimum atomic E-state index is -3.27. The van der Waals surface area contributed by atoms with Crippen LogP contribution in [0.15, 0.2) is 132 Å². The predicted molar refractivity (Wildman–Crippen MR) is 442 cm³/mol. The van der Waals surface area contributed by atoms with Crippen molar-refractivity contribution in [3.05, 3.63) is 167 Å². The fourth-order valence-electron chi connectivity index (χ4n) is 21.5. The lowest BCUT2D eigenvalue weighted by atomic mass is 9.87. The number of nitrogens with zero attached hydrogens (tertiary/aromatic N) is 7. The van der Waals surface area contributed by atoms with E-state index in [9.17, 15) is 28.8 Å². The number of H-pyrrole nitrogens is 2. The van der Waals surface area contributed by atoms with Crippen LogP contribution in [-0.4, -0.2) is 153 Å². The number of alkyl carbamates (subject to hydrolysis) is 2. The van der Waals surface area contributed by atoms with Crippen LogP contribution >= 0.6 is 0 Å². The van der Waals surface area contributed by atoms with Crippen molar-refractivity contribution in [1.29, 1.82) is 0 Å². The van der Waals surface area contributed by atoms with Crippen molar-refractivity contribution in [2.75, 3.05) is 34.4 Å². The normalized spacial score (nSPS) is 24.5. The summed E-state index contributed by atoms with van der Waals surface area (Å²) in [5.41, 5.74) is 13.6. The molecule has 11 atom stereocenters. The predicted octanol–water partition coefficient (Wildman–Crippen LogP) is 17.2. The van der Waals surface area contributed by atoms with Crippen LogP contribution in [0.1, 0.15) is 182 Å². The molecule has 6 aliphatic carbocycles. The van der Waals surface area contributed by atoms with Crippen LogP contribution in [0.25, 0.3) is 67.0 Å². The molecule has 2 aromatic heterocycles. The number of aromatic nitrogens is 4. The monoisotopic (exact) mass is 1620 g/mol. The van der Waals surface area contributed by atoms with Gasteiger partial charge in [0.05, 0.1) is 86.9 Å². The van der Waals surface area contributed by atoms with Gasteiger partial charge in [-0.1, -0.05) is 102 Å². The Hall–Kier alpha value is -10.8. The van der Waals surface area contributed by atoms with Gasteiger partial charge in [-0.05, 0) is 222 Å². The number of carbonyl (C=O) groups excluding carboxylic acids is 6. The van der Waals surface area contributed by atoms with Crippen LogP contribution in [0.4, 0.5) is 38.5 Å². The summed E-state index contributed by atoms with van der Waals surface area (Å²) < 4.78 is 80.8. The maximum atomic E-state index is 16.7. The van der Waals surface area contributed by atoms with E-state index in [1.165, 1.54) is 52.4 Å². The van der Waals surface area contributed by atoms with Gasteiger partial charge in [0, 0.05) is 88.9 Å². The van der Waals surface area contributed by atoms with Gasteiger partial charge in [-0.2, -0.15) is 17.6 Å². The van der Waals surface area contributed by atoms with E-state index in [1.807, 2.05) is 117 Å². The zero-order valence-electron chi connectivity index (χ0n) is 68.5. The highest BCUT2D eigenvalue weighted by molar-refractivity contribution is 6.02. The van der Waals surface area contributed by atoms with E-state index in [0.717, 1.165) is 109 Å². The summed E-state index contributed by atoms with van der Waals surface area (Å²) in [5.74, 6) is -5.89. The lowest BCUT2D eigenvalue weighted by Gasteiger charge is -2.38. The molecule has 4 saturated heterocycles. The molecule has 5 amide bonds. The summed E-state index contributed by atoms with van der Waals surface area (Å²) in [5, 5.41) is 9.18. The van der Waals surface area contributed by atoms with Crippen LogP contribution in [0, 0.1) is 46.3 Å². The number of esters is 1. The molecule has 11 unspecified atom stereocenters. The number of halogens is 4. The summed E-state index contributed by atoms with van der Waals surface area (Å²) in [6, 6.07) is 31.8. The third-order valence-corrected chi connectivity index (χ3v) is 28.5. The van der Waals surface area contributed by atoms with Gasteiger partial charge in [-0.25, -0.2) is 19.6 Å². The van der Waals surface area contributed by atoms with Crippen molar-refractivity contribution in [3.8, 4) is 67.0 Å². The molecule has 21 nitrogen and oxygen atoms in total. The van der Waals surface area contributed by atoms with Crippen LogP contribution in [-0.2, 0) is 58.1 Å². The van der Waals surface area contributed by atoms with E-state index >= 15 is 17.6 Å². The molecule has 618 valence electrons. The average Bonchev–Trinajstić information content (AvgIpc) is 1.61. The van der Waals surface area contributed by atoms with Crippen molar-refractivity contribution < 1.29 is 60.5 Å². The number of benzene rings is 6. The van der Waals surface area contributed by atoms with E-state index in [1.54, 1.807) is 48.8 Å². The topological polar surface area (TPSA) is 258 Å². The first-order valence-corrected chi connectivity index (χ1v) is 42.4. The fraction of sp³-hybridized carbons (Fsp3) is 0.468. The highest BCUT2D eigenvalue weighted by Crippen LogP contribution is 2.61. The quantitative estimate of drug-likeness (QED) is 0.0305. The first-order chi connectivity index (χ1) is 57.1. The van der Waals surface area contributed by atoms with Gasteiger partial charge < -0.3 is 54.8 Å². The number of methoxy groups -OCH3 is 3. The number of amides is 5. The van der Waals surface area contributed by atoms with Gasteiger partial charge in [0.2, 0.25) is 17.7 Å². The summed E-state index contributed by atoms with van der Waals surface area (Å²) in [7, 11) is 3.90. The summed E-state index contributed by atoms with van der Waals surface area (Å²) in [6.07, 6.45) is 15.6. The first-order valence-electron chi connectivity index (χ1n) is 42.4. The number of imidazole rings is 2. The largest absolute Gasteiger partial charge is 0.469 e. The Morgan fingerprint density at radius 1 is 0.504 bits per heavy atom. The minimum absolute atomic E-state index is 0.00817. The van der Waals surface area contributed by atoms with E-state index < -0.39 is 42.0 Å². The molecule has 0 radical (unpaired) electrons. The summed E-state index contributed by atoms with van der Waals surface area (Å²) >= 11 is 0. The highest BCUT2D eigenvalue weighted by Gasteiger charge is 2.58. The zero-order valence-corrected chi connectivity index (χ0v) is 68.5. The van der Waals surface area contributed by atoms with Crippen molar-refractivity contribution in [1.82, 2.24) is 50.6 Å². The lowest BCUT2D eigenvalue weighted by molar-refractivity contribution is -0.149. The number of fused-ring (bicyclic) bond motifs is 12. The maximum absolute atomic E-state index is 16.7. The number of piperidine rings is 2. The second kappa shape index (κ2) is 29.3. The second-order valence-electron chi connectivity index (χ2n) is 36.9. The summed E-state index contributed by atoms with van der Waals surface area (Å²) in [6.45, 7) is 12.6. The smallest absolute Gasteiger partial charge is 0.407 e. The van der Waals surface area contributed by atoms with E-state index in [-0.39, 0.29) is 105 Å². The molecule has 12 aliphatic rings. The number of likely N-dealkylation sites (tertiary alicyclic amines) is 3. The fourth-order valence-corrected chi connectivity index (χ4v) is 21.5. The summed E-state index contributed by atoms with van der Waals surface area (Å²) in [4.78, 5) is 111. The van der Waals surface area contributed by atoms with Crippen molar-refractivity contribution in [2.45, 2.75) is 198 Å². The van der Waals surface area contributed by atoms with Gasteiger partial charge in [0.1, 0.15) is 23.7 Å². The third kappa shape index (κ3) is 13.6. The number of hydrogen-bond acceptors (Lipinski definition) is 14. The third-order valence-electron chi connectivity index (χ3n) is 28.5. The average molecular weight is 1620 g/mol. The Bertz CT molecular complexity index is 5580. The van der Waals surface area contributed by atoms with E-state index in [0.29, 0.717) is 105 Å². The molecule has 5 N–H and O–H groups in total. The molecule has 4 saturated carbocycles. The number of rotatable bonds is 18. The standard InChI is InChI=1S/C51H56F2N6O6.C43H44F2N6O3/c1-26(2)36(22-43(60)64-5)47(61)59-33-11-7-31(18-33)45(59)40-21-32-17-28(10-14-39(32)55-40)29-8-12-34-35-13-9-30(20-38(35)51(52,53)37(34)19-29)41-24-54-46(56-41)42-23-50(15-16-50)25-58(42)48(62)44(27(3)4)57-49(63)65-6;1-22(2)37(50-41(53)54-3)40(52)51-21-42(12-13-42)19-36(51)39-46-20-35(49-39)25-6-10-30-29-9-5-24(16-31(29)43(44,45)32(30)17-25)23-7-11-33-27(14-23)18-34(48-33)38-26-4-8-28(15-26)47-38/h8-10,12-14,17,19-20,24,26-27,31,33,36,42,44-45H,7,11,15-16,18,21-23,25H2,1-6H3,(H,54,56)(H,57,63);5-7,9-11,14,16-17,20,22,26,28,36-38,47H,4,8,12-13,15,18-19,21H2,1-3H3,(H,46,49)(H,50,53). The van der Waals surface area contributed by atoms with Crippen molar-refractivity contribution >= 4 is 58.7 Å². The Kier molecular flexibility index (Phi) is 19.2. The van der Waals surface area contributed by atoms with Crippen LogP contribution in [0.5, 0.6) is 0 Å². The molecule has 25 heteroatoms. The molecule has 119 heavy (non-hydrogen) atoms. The van der Waals surface area contributed by atoms with E-state index in [2.05, 4.69) is 32.0 Å². The van der Waals surface area contributed by atoms with Gasteiger partial charge in [0.15, 0.2) is 0 Å². The Morgan fingerprint density at radius 2 is 0.941 bits per heavy atom. The SMILES string of the molecule is COC(=O)CC(C(=O)N1C2CCC(C2)C1C1=Nc2ccc(-c3ccc4c(c3)C(F)(F)c3cc(-c5cnc(C6CC7(CC7)CN6C(=O)C(NC(=O)OC)C(C)C)[nH]5)ccc3-4)cc2C1)C(C)C.COC(=O)NC(C(=O)N1CC2(CC2)CC1c1ncc(-c2ccc3c(c2)C(F)(F)c2cc(-c4ccc5c(c4)CC(C4NC6CCC4C6)=N5)ccc2-3)[nH]1)C(C)C. The second-order valence-corrected chi connectivity index (χ2v) is 36.9. The zero-order chi connectivity index (χ0) is 82.8. The number of nitrogens with one attached hydrogen (secondary N) is 5.